The van der Waals surface area contributed by atoms with Gasteiger partial charge in [0.05, 0.1) is 12.5 Å². The topological polar surface area (TPSA) is 87.1 Å². The predicted molar refractivity (Wildman–Crippen MR) is 64.9 cm³/mol. The number of aromatic nitrogens is 3. The van der Waals surface area contributed by atoms with E-state index < -0.39 is 0 Å². The first-order valence-electron chi connectivity index (χ1n) is 5.75. The Labute approximate surface area is 105 Å². The SMILES string of the molecule is COC(CN)Cc1nc(Cc2ccncc2)no1. The Morgan fingerprint density at radius 2 is 2.17 bits per heavy atom. The number of nitrogens with two attached hydrogens (primary N) is 1. The van der Waals surface area contributed by atoms with E-state index in [4.69, 9.17) is 15.0 Å². The number of nitrogens with zero attached hydrogens (tertiary/aromatic N) is 3. The van der Waals surface area contributed by atoms with Gasteiger partial charge in [0.25, 0.3) is 0 Å². The van der Waals surface area contributed by atoms with Crippen LogP contribution in [0.15, 0.2) is 29.0 Å². The van der Waals surface area contributed by atoms with Crippen LogP contribution in [0.4, 0.5) is 0 Å². The summed E-state index contributed by atoms with van der Waals surface area (Å²) in [4.78, 5) is 8.27. The third-order valence-electron chi connectivity index (χ3n) is 2.62. The van der Waals surface area contributed by atoms with Crippen molar-refractivity contribution in [3.05, 3.63) is 41.8 Å². The molecule has 0 aliphatic rings. The zero-order chi connectivity index (χ0) is 12.8. The van der Waals surface area contributed by atoms with E-state index in [-0.39, 0.29) is 6.10 Å². The molecule has 2 aromatic rings. The molecule has 2 heterocycles. The number of ether oxygens (including phenoxy) is 1. The maximum absolute atomic E-state index is 5.54. The van der Waals surface area contributed by atoms with Crippen molar-refractivity contribution in [1.82, 2.24) is 15.1 Å². The standard InChI is InChI=1S/C12H16N4O2/c1-17-10(8-13)7-12-15-11(16-18-12)6-9-2-4-14-5-3-9/h2-5,10H,6-8,13H2,1H3. The monoisotopic (exact) mass is 248 g/mol. The summed E-state index contributed by atoms with van der Waals surface area (Å²) in [6.07, 6.45) is 4.57. The lowest BCUT2D eigenvalue weighted by Gasteiger charge is -2.08. The van der Waals surface area contributed by atoms with E-state index in [1.54, 1.807) is 19.5 Å². The molecule has 18 heavy (non-hydrogen) atoms. The van der Waals surface area contributed by atoms with Crippen molar-refractivity contribution >= 4 is 0 Å². The van der Waals surface area contributed by atoms with Crippen molar-refractivity contribution in [2.45, 2.75) is 18.9 Å². The second kappa shape index (κ2) is 6.23. The van der Waals surface area contributed by atoms with Gasteiger partial charge in [-0.2, -0.15) is 4.98 Å². The van der Waals surface area contributed by atoms with Crippen molar-refractivity contribution in [3.8, 4) is 0 Å². The number of pyridine rings is 1. The van der Waals surface area contributed by atoms with Crippen LogP contribution in [0.25, 0.3) is 0 Å². The highest BCUT2D eigenvalue weighted by Gasteiger charge is 2.12. The molecule has 1 unspecified atom stereocenters. The van der Waals surface area contributed by atoms with Gasteiger partial charge in [-0.05, 0) is 17.7 Å². The van der Waals surface area contributed by atoms with Gasteiger partial charge >= 0.3 is 0 Å². The molecule has 0 radical (unpaired) electrons. The van der Waals surface area contributed by atoms with Crippen molar-refractivity contribution < 1.29 is 9.26 Å². The molecule has 0 saturated heterocycles. The maximum atomic E-state index is 5.54. The molecule has 0 saturated carbocycles. The van der Waals surface area contributed by atoms with Crippen molar-refractivity contribution in [2.24, 2.45) is 5.73 Å². The maximum Gasteiger partial charge on any atom is 0.229 e. The Kier molecular flexibility index (Phi) is 4.38. The summed E-state index contributed by atoms with van der Waals surface area (Å²) in [6, 6.07) is 3.85. The summed E-state index contributed by atoms with van der Waals surface area (Å²) in [5.41, 5.74) is 6.64. The van der Waals surface area contributed by atoms with Gasteiger partial charge in [0.2, 0.25) is 5.89 Å². The Morgan fingerprint density at radius 3 is 2.83 bits per heavy atom. The minimum Gasteiger partial charge on any atom is -0.380 e. The predicted octanol–water partition coefficient (Wildman–Crippen LogP) is 0.572. The van der Waals surface area contributed by atoms with Crippen LogP contribution in [0.3, 0.4) is 0 Å². The largest absolute Gasteiger partial charge is 0.380 e. The van der Waals surface area contributed by atoms with Crippen molar-refractivity contribution in [3.63, 3.8) is 0 Å². The summed E-state index contributed by atoms with van der Waals surface area (Å²) >= 11 is 0. The minimum atomic E-state index is -0.0841. The van der Waals surface area contributed by atoms with E-state index in [1.807, 2.05) is 12.1 Å². The molecule has 96 valence electrons. The van der Waals surface area contributed by atoms with Gasteiger partial charge < -0.3 is 15.0 Å². The minimum absolute atomic E-state index is 0.0841. The molecule has 2 aromatic heterocycles. The summed E-state index contributed by atoms with van der Waals surface area (Å²) in [5, 5.41) is 3.93. The molecule has 0 bridgehead atoms. The molecule has 0 fully saturated rings. The normalized spacial score (nSPS) is 12.6. The molecule has 0 aliphatic carbocycles. The molecule has 1 atom stereocenters. The molecule has 2 N–H and O–H groups in total. The number of hydrogen-bond donors (Lipinski definition) is 1. The first-order chi connectivity index (χ1) is 8.81. The number of hydrogen-bond acceptors (Lipinski definition) is 6. The molecular formula is C12H16N4O2. The zero-order valence-corrected chi connectivity index (χ0v) is 10.2. The lowest BCUT2D eigenvalue weighted by molar-refractivity contribution is 0.102. The van der Waals surface area contributed by atoms with Gasteiger partial charge in [0.1, 0.15) is 0 Å². The van der Waals surface area contributed by atoms with E-state index in [2.05, 4.69) is 15.1 Å². The van der Waals surface area contributed by atoms with Crippen molar-refractivity contribution in [1.29, 1.82) is 0 Å². The third-order valence-corrected chi connectivity index (χ3v) is 2.62. The smallest absolute Gasteiger partial charge is 0.229 e. The van der Waals surface area contributed by atoms with Crippen LogP contribution in [0.1, 0.15) is 17.3 Å². The van der Waals surface area contributed by atoms with Gasteiger partial charge in [-0.15, -0.1) is 0 Å². The summed E-state index contributed by atoms with van der Waals surface area (Å²) < 4.78 is 10.3. The highest BCUT2D eigenvalue weighted by molar-refractivity contribution is 5.14. The van der Waals surface area contributed by atoms with E-state index in [9.17, 15) is 0 Å². The summed E-state index contributed by atoms with van der Waals surface area (Å²) in [6.45, 7) is 0.429. The van der Waals surface area contributed by atoms with Crippen LogP contribution in [-0.2, 0) is 17.6 Å². The van der Waals surface area contributed by atoms with Crippen LogP contribution >= 0.6 is 0 Å². The quantitative estimate of drug-likeness (QED) is 0.804. The van der Waals surface area contributed by atoms with Crippen LogP contribution in [0.5, 0.6) is 0 Å². The fourth-order valence-electron chi connectivity index (χ4n) is 1.59. The summed E-state index contributed by atoms with van der Waals surface area (Å²) in [7, 11) is 1.62. The molecule has 0 amide bonds. The lowest BCUT2D eigenvalue weighted by Crippen LogP contribution is -2.24. The van der Waals surface area contributed by atoms with E-state index in [0.717, 1.165) is 5.56 Å². The fraction of sp³-hybridized carbons (Fsp3) is 0.417. The van der Waals surface area contributed by atoms with Gasteiger partial charge in [0.15, 0.2) is 5.82 Å². The van der Waals surface area contributed by atoms with E-state index in [1.165, 1.54) is 0 Å². The van der Waals surface area contributed by atoms with Crippen LogP contribution in [-0.4, -0.2) is 34.9 Å². The molecule has 0 spiro atoms. The number of rotatable bonds is 6. The van der Waals surface area contributed by atoms with Crippen LogP contribution in [0.2, 0.25) is 0 Å². The van der Waals surface area contributed by atoms with E-state index in [0.29, 0.717) is 31.1 Å². The van der Waals surface area contributed by atoms with Gasteiger partial charge in [0, 0.05) is 32.5 Å². The van der Waals surface area contributed by atoms with Gasteiger partial charge in [-0.25, -0.2) is 0 Å². The Hall–Kier alpha value is -1.79. The highest BCUT2D eigenvalue weighted by Crippen LogP contribution is 2.07. The Morgan fingerprint density at radius 1 is 1.39 bits per heavy atom. The Bertz CT molecular complexity index is 468. The van der Waals surface area contributed by atoms with Gasteiger partial charge in [-0.3, -0.25) is 4.98 Å². The molecule has 6 nitrogen and oxygen atoms in total. The first-order valence-corrected chi connectivity index (χ1v) is 5.75. The van der Waals surface area contributed by atoms with E-state index >= 15 is 0 Å². The lowest BCUT2D eigenvalue weighted by atomic mass is 10.2. The van der Waals surface area contributed by atoms with Crippen LogP contribution < -0.4 is 5.73 Å². The fourth-order valence-corrected chi connectivity index (χ4v) is 1.59. The van der Waals surface area contributed by atoms with Crippen molar-refractivity contribution in [2.75, 3.05) is 13.7 Å². The molecule has 0 aliphatic heterocycles. The summed E-state index contributed by atoms with van der Waals surface area (Å²) in [5.74, 6) is 1.21. The average Bonchev–Trinajstić information content (AvgIpc) is 2.84. The molecule has 6 heteroatoms. The van der Waals surface area contributed by atoms with Gasteiger partial charge in [-0.1, -0.05) is 5.16 Å². The molecular weight excluding hydrogens is 232 g/mol. The molecule has 0 aromatic carbocycles. The second-order valence-corrected chi connectivity index (χ2v) is 3.93. The average molecular weight is 248 g/mol. The highest BCUT2D eigenvalue weighted by atomic mass is 16.5. The Balaban J connectivity index is 1.98. The third kappa shape index (κ3) is 3.35. The van der Waals surface area contributed by atoms with Crippen LogP contribution in [0, 0.1) is 0 Å². The zero-order valence-electron chi connectivity index (χ0n) is 10.2. The first kappa shape index (κ1) is 12.7. The second-order valence-electron chi connectivity index (χ2n) is 3.93. The molecule has 2 rings (SSSR count). The number of methoxy groups -OCH3 is 1.